The van der Waals surface area contributed by atoms with Gasteiger partial charge in [0.2, 0.25) is 10.0 Å². The molecule has 3 heterocycles. The summed E-state index contributed by atoms with van der Waals surface area (Å²) in [5.41, 5.74) is 3.73. The van der Waals surface area contributed by atoms with Gasteiger partial charge >= 0.3 is 0 Å². The van der Waals surface area contributed by atoms with Crippen LogP contribution in [0.4, 0.5) is 4.39 Å². The first kappa shape index (κ1) is 28.4. The molecule has 40 heavy (non-hydrogen) atoms. The standard InChI is InChI=1S/C29H37FN6O3S/c1-20(2)15-21-3-6-24(7-4-21)40(38,39)31-11-14-35-12-9-22(10-13-35)17-36-18-27(33-34-36)29-25-16-23(30)5-8-26(25)32-28(29)19-37/h3-8,16,18,20,22,31-32,37H,9-15,17,19H2,1-2H3. The summed E-state index contributed by atoms with van der Waals surface area (Å²) in [4.78, 5) is 5.72. The third-order valence-electron chi connectivity index (χ3n) is 7.54. The summed E-state index contributed by atoms with van der Waals surface area (Å²) in [6.45, 7) is 7.58. The smallest absolute Gasteiger partial charge is 0.240 e. The summed E-state index contributed by atoms with van der Waals surface area (Å²) < 4.78 is 43.9. The molecule has 4 aromatic rings. The van der Waals surface area contributed by atoms with Crippen molar-refractivity contribution < 1.29 is 17.9 Å². The van der Waals surface area contributed by atoms with E-state index in [9.17, 15) is 17.9 Å². The Morgan fingerprint density at radius 2 is 1.90 bits per heavy atom. The molecule has 3 N–H and O–H groups in total. The van der Waals surface area contributed by atoms with Crippen molar-refractivity contribution in [3.63, 3.8) is 0 Å². The third-order valence-corrected chi connectivity index (χ3v) is 9.02. The zero-order chi connectivity index (χ0) is 28.3. The first-order valence-electron chi connectivity index (χ1n) is 13.8. The van der Waals surface area contributed by atoms with Crippen LogP contribution in [0.3, 0.4) is 0 Å². The predicted octanol–water partition coefficient (Wildman–Crippen LogP) is 3.95. The number of hydrogen-bond donors (Lipinski definition) is 3. The maximum Gasteiger partial charge on any atom is 0.240 e. The van der Waals surface area contributed by atoms with Crippen molar-refractivity contribution >= 4 is 20.9 Å². The molecule has 11 heteroatoms. The van der Waals surface area contributed by atoms with Crippen LogP contribution in [0.1, 0.15) is 37.9 Å². The second kappa shape index (κ2) is 12.2. The highest BCUT2D eigenvalue weighted by molar-refractivity contribution is 7.89. The molecular weight excluding hydrogens is 531 g/mol. The molecule has 0 amide bonds. The van der Waals surface area contributed by atoms with Crippen molar-refractivity contribution in [1.29, 1.82) is 0 Å². The van der Waals surface area contributed by atoms with Crippen molar-refractivity contribution in [3.05, 3.63) is 65.7 Å². The van der Waals surface area contributed by atoms with Crippen LogP contribution in [0.2, 0.25) is 0 Å². The Morgan fingerprint density at radius 1 is 1.15 bits per heavy atom. The molecule has 5 rings (SSSR count). The second-order valence-corrected chi connectivity index (χ2v) is 12.8. The predicted molar refractivity (Wildman–Crippen MR) is 153 cm³/mol. The minimum atomic E-state index is -3.53. The number of likely N-dealkylation sites (tertiary alicyclic amines) is 1. The second-order valence-electron chi connectivity index (χ2n) is 11.1. The number of sulfonamides is 1. The largest absolute Gasteiger partial charge is 0.390 e. The highest BCUT2D eigenvalue weighted by Crippen LogP contribution is 2.32. The summed E-state index contributed by atoms with van der Waals surface area (Å²) in [5, 5.41) is 19.1. The molecule has 9 nitrogen and oxygen atoms in total. The minimum Gasteiger partial charge on any atom is -0.390 e. The maximum absolute atomic E-state index is 13.9. The van der Waals surface area contributed by atoms with Gasteiger partial charge in [-0.05, 0) is 80.1 Å². The van der Waals surface area contributed by atoms with Crippen LogP contribution in [0.15, 0.2) is 53.6 Å². The molecule has 2 aromatic heterocycles. The first-order chi connectivity index (χ1) is 19.2. The summed E-state index contributed by atoms with van der Waals surface area (Å²) >= 11 is 0. The van der Waals surface area contributed by atoms with Gasteiger partial charge in [-0.1, -0.05) is 31.2 Å². The molecule has 0 bridgehead atoms. The molecule has 0 spiro atoms. The lowest BCUT2D eigenvalue weighted by atomic mass is 9.97. The summed E-state index contributed by atoms with van der Waals surface area (Å²) in [6.07, 6.45) is 4.72. The van der Waals surface area contributed by atoms with E-state index in [0.717, 1.165) is 43.4 Å². The van der Waals surface area contributed by atoms with Gasteiger partial charge in [0.15, 0.2) is 0 Å². The van der Waals surface area contributed by atoms with Gasteiger partial charge in [0, 0.05) is 36.1 Å². The Bertz CT molecular complexity index is 1540. The highest BCUT2D eigenvalue weighted by atomic mass is 32.2. The number of halogens is 1. The number of rotatable bonds is 11. The van der Waals surface area contributed by atoms with E-state index >= 15 is 0 Å². The Morgan fingerprint density at radius 3 is 2.60 bits per heavy atom. The number of aromatic amines is 1. The van der Waals surface area contributed by atoms with Crippen molar-refractivity contribution in [3.8, 4) is 11.3 Å². The number of H-pyrrole nitrogens is 1. The lowest BCUT2D eigenvalue weighted by molar-refractivity contribution is 0.173. The average Bonchev–Trinajstić information content (AvgIpc) is 3.53. The van der Waals surface area contributed by atoms with E-state index in [-0.39, 0.29) is 12.4 Å². The molecule has 0 radical (unpaired) electrons. The quantitative estimate of drug-likeness (QED) is 0.252. The zero-order valence-electron chi connectivity index (χ0n) is 23.0. The van der Waals surface area contributed by atoms with Gasteiger partial charge in [-0.25, -0.2) is 17.5 Å². The molecule has 1 fully saturated rings. The molecule has 1 saturated heterocycles. The van der Waals surface area contributed by atoms with Crippen LogP contribution in [-0.4, -0.2) is 64.6 Å². The molecule has 2 aromatic carbocycles. The van der Waals surface area contributed by atoms with Crippen molar-refractivity contribution in [2.24, 2.45) is 11.8 Å². The van der Waals surface area contributed by atoms with E-state index in [1.54, 1.807) is 18.2 Å². The number of hydrogen-bond acceptors (Lipinski definition) is 6. The van der Waals surface area contributed by atoms with Gasteiger partial charge in [-0.15, -0.1) is 5.10 Å². The number of piperidine rings is 1. The van der Waals surface area contributed by atoms with Crippen LogP contribution in [0.5, 0.6) is 0 Å². The topological polar surface area (TPSA) is 116 Å². The molecule has 0 aliphatic carbocycles. The van der Waals surface area contributed by atoms with Crippen molar-refractivity contribution in [2.75, 3.05) is 26.2 Å². The number of aliphatic hydroxyl groups is 1. The fourth-order valence-electron chi connectivity index (χ4n) is 5.49. The Kier molecular flexibility index (Phi) is 8.65. The molecule has 0 saturated carbocycles. The van der Waals surface area contributed by atoms with E-state index < -0.39 is 10.0 Å². The van der Waals surface area contributed by atoms with Gasteiger partial charge in [-0.2, -0.15) is 0 Å². The fraction of sp³-hybridized carbons (Fsp3) is 0.448. The van der Waals surface area contributed by atoms with E-state index in [2.05, 4.69) is 38.8 Å². The SMILES string of the molecule is CC(C)Cc1ccc(S(=O)(=O)NCCN2CCC(Cn3cc(-c4c(CO)[nH]c5ccc(F)cc45)nn3)CC2)cc1. The van der Waals surface area contributed by atoms with E-state index in [1.165, 1.54) is 12.1 Å². The molecular formula is C29H37FN6O3S. The van der Waals surface area contributed by atoms with E-state index in [4.69, 9.17) is 0 Å². The van der Waals surface area contributed by atoms with Crippen molar-refractivity contribution in [2.45, 2.75) is 51.2 Å². The van der Waals surface area contributed by atoms with E-state index in [0.29, 0.717) is 58.7 Å². The van der Waals surface area contributed by atoms with Gasteiger partial charge < -0.3 is 15.0 Å². The van der Waals surface area contributed by atoms with Gasteiger partial charge in [0.25, 0.3) is 0 Å². The average molecular weight is 569 g/mol. The Labute approximate surface area is 234 Å². The summed E-state index contributed by atoms with van der Waals surface area (Å²) in [7, 11) is -3.53. The Hall–Kier alpha value is -3.12. The number of fused-ring (bicyclic) bond motifs is 1. The molecule has 0 unspecified atom stereocenters. The zero-order valence-corrected chi connectivity index (χ0v) is 23.8. The minimum absolute atomic E-state index is 0.211. The molecule has 0 atom stereocenters. The van der Waals surface area contributed by atoms with E-state index in [1.807, 2.05) is 23.0 Å². The van der Waals surface area contributed by atoms with Gasteiger partial charge in [-0.3, -0.25) is 4.68 Å². The summed E-state index contributed by atoms with van der Waals surface area (Å²) in [6, 6.07) is 11.6. The van der Waals surface area contributed by atoms with Crippen LogP contribution in [0, 0.1) is 17.7 Å². The maximum atomic E-state index is 13.9. The number of nitrogens with one attached hydrogen (secondary N) is 2. The monoisotopic (exact) mass is 568 g/mol. The van der Waals surface area contributed by atoms with Crippen LogP contribution in [0.25, 0.3) is 22.2 Å². The summed E-state index contributed by atoms with van der Waals surface area (Å²) in [5.74, 6) is 0.598. The van der Waals surface area contributed by atoms with Gasteiger partial charge in [0.1, 0.15) is 11.5 Å². The Balaban J connectivity index is 1.11. The third kappa shape index (κ3) is 6.60. The molecule has 1 aliphatic heterocycles. The number of aliphatic hydroxyl groups excluding tert-OH is 1. The highest BCUT2D eigenvalue weighted by Gasteiger charge is 2.22. The van der Waals surface area contributed by atoms with Crippen LogP contribution in [-0.2, 0) is 29.6 Å². The fourth-order valence-corrected chi connectivity index (χ4v) is 6.51. The van der Waals surface area contributed by atoms with Crippen molar-refractivity contribution in [1.82, 2.24) is 29.6 Å². The lowest BCUT2D eigenvalue weighted by Gasteiger charge is -2.31. The first-order valence-corrected chi connectivity index (χ1v) is 15.3. The number of benzene rings is 2. The molecule has 214 valence electrons. The lowest BCUT2D eigenvalue weighted by Crippen LogP contribution is -2.40. The normalized spacial score (nSPS) is 15.4. The van der Waals surface area contributed by atoms with Gasteiger partial charge in [0.05, 0.1) is 23.4 Å². The number of nitrogens with zero attached hydrogens (tertiary/aromatic N) is 4. The molecule has 1 aliphatic rings. The van der Waals surface area contributed by atoms with Crippen LogP contribution < -0.4 is 4.72 Å². The van der Waals surface area contributed by atoms with Crippen LogP contribution >= 0.6 is 0 Å². The number of aromatic nitrogens is 4.